The Morgan fingerprint density at radius 3 is 3.06 bits per heavy atom. The Labute approximate surface area is 106 Å². The lowest BCUT2D eigenvalue weighted by molar-refractivity contribution is 0.194. The van der Waals surface area contributed by atoms with Crippen molar-refractivity contribution in [3.8, 4) is 11.6 Å². The smallest absolute Gasteiger partial charge is 0.225 e. The molecule has 2 heterocycles. The van der Waals surface area contributed by atoms with Gasteiger partial charge in [-0.3, -0.25) is 4.68 Å². The molecule has 2 aromatic heterocycles. The predicted octanol–water partition coefficient (Wildman–Crippen LogP) is 2.53. The summed E-state index contributed by atoms with van der Waals surface area (Å²) in [6.07, 6.45) is 5.51. The van der Waals surface area contributed by atoms with E-state index in [1.807, 2.05) is 10.9 Å². The average molecular weight is 247 g/mol. The van der Waals surface area contributed by atoms with Gasteiger partial charge in [-0.2, -0.15) is 5.10 Å². The number of aromatic nitrogens is 3. The number of hydrogen-bond acceptors (Lipinski definition) is 4. The lowest BCUT2D eigenvalue weighted by Gasteiger charge is -2.09. The van der Waals surface area contributed by atoms with Crippen molar-refractivity contribution in [1.29, 1.82) is 0 Å². The quantitative estimate of drug-likeness (QED) is 0.882. The van der Waals surface area contributed by atoms with Gasteiger partial charge in [0.1, 0.15) is 0 Å². The van der Waals surface area contributed by atoms with E-state index in [2.05, 4.69) is 17.0 Å². The minimum atomic E-state index is -0.612. The van der Waals surface area contributed by atoms with E-state index in [4.69, 9.17) is 4.74 Å². The Balaban J connectivity index is 2.17. The van der Waals surface area contributed by atoms with Crippen molar-refractivity contribution >= 4 is 0 Å². The first kappa shape index (κ1) is 12.6. The van der Waals surface area contributed by atoms with Gasteiger partial charge in [0.25, 0.3) is 0 Å². The fraction of sp³-hybridized carbons (Fsp3) is 0.385. The summed E-state index contributed by atoms with van der Waals surface area (Å²) in [6.45, 7) is 4.63. The molecule has 0 bridgehead atoms. The molecule has 0 aromatic carbocycles. The van der Waals surface area contributed by atoms with Crippen molar-refractivity contribution in [1.82, 2.24) is 14.8 Å². The minimum absolute atomic E-state index is 0.420. The van der Waals surface area contributed by atoms with Gasteiger partial charge in [-0.25, -0.2) is 4.98 Å². The second kappa shape index (κ2) is 5.64. The maximum Gasteiger partial charge on any atom is 0.225 e. The van der Waals surface area contributed by atoms with Crippen LogP contribution in [0.5, 0.6) is 11.6 Å². The Kier molecular flexibility index (Phi) is 3.94. The second-order valence-electron chi connectivity index (χ2n) is 4.11. The zero-order valence-electron chi connectivity index (χ0n) is 10.6. The van der Waals surface area contributed by atoms with Crippen LogP contribution in [0.15, 0.2) is 30.7 Å². The normalized spacial score (nSPS) is 12.4. The van der Waals surface area contributed by atoms with Crippen molar-refractivity contribution in [3.05, 3.63) is 36.3 Å². The van der Waals surface area contributed by atoms with Gasteiger partial charge >= 0.3 is 0 Å². The molecular weight excluding hydrogens is 230 g/mol. The zero-order valence-corrected chi connectivity index (χ0v) is 10.6. The van der Waals surface area contributed by atoms with Gasteiger partial charge in [-0.05, 0) is 25.5 Å². The van der Waals surface area contributed by atoms with Gasteiger partial charge < -0.3 is 9.84 Å². The van der Waals surface area contributed by atoms with Crippen LogP contribution < -0.4 is 4.74 Å². The summed E-state index contributed by atoms with van der Waals surface area (Å²) in [5, 5.41) is 13.8. The molecule has 0 aliphatic rings. The highest BCUT2D eigenvalue weighted by molar-refractivity contribution is 5.31. The maximum atomic E-state index is 9.63. The Morgan fingerprint density at radius 2 is 2.33 bits per heavy atom. The molecule has 0 saturated carbocycles. The summed E-state index contributed by atoms with van der Waals surface area (Å²) in [5.74, 6) is 1.05. The number of aliphatic hydroxyl groups is 1. The molecule has 5 heteroatoms. The van der Waals surface area contributed by atoms with Gasteiger partial charge in [-0.15, -0.1) is 0 Å². The van der Waals surface area contributed by atoms with E-state index in [1.165, 1.54) is 0 Å². The maximum absolute atomic E-state index is 9.63. The number of pyridine rings is 1. The van der Waals surface area contributed by atoms with Crippen molar-refractivity contribution < 1.29 is 9.84 Å². The van der Waals surface area contributed by atoms with Crippen LogP contribution in [0.1, 0.15) is 31.9 Å². The van der Waals surface area contributed by atoms with Crippen LogP contribution in [-0.2, 0) is 6.54 Å². The number of ether oxygens (including phenoxy) is 1. The average Bonchev–Trinajstić information content (AvgIpc) is 2.77. The Bertz CT molecular complexity index is 508. The number of hydrogen-bond donors (Lipinski definition) is 1. The molecule has 0 unspecified atom stereocenters. The topological polar surface area (TPSA) is 60.2 Å². The molecule has 0 amide bonds. The van der Waals surface area contributed by atoms with Crippen LogP contribution >= 0.6 is 0 Å². The monoisotopic (exact) mass is 247 g/mol. The molecule has 0 saturated heterocycles. The molecule has 1 N–H and O–H groups in total. The van der Waals surface area contributed by atoms with Crippen molar-refractivity contribution in [2.24, 2.45) is 0 Å². The van der Waals surface area contributed by atoms with Crippen LogP contribution in [0.25, 0.3) is 0 Å². The van der Waals surface area contributed by atoms with Gasteiger partial charge in [0.2, 0.25) is 5.88 Å². The van der Waals surface area contributed by atoms with Crippen LogP contribution in [-0.4, -0.2) is 19.9 Å². The van der Waals surface area contributed by atoms with E-state index in [1.54, 1.807) is 31.5 Å². The van der Waals surface area contributed by atoms with Crippen LogP contribution in [0.3, 0.4) is 0 Å². The van der Waals surface area contributed by atoms with Gasteiger partial charge in [0, 0.05) is 18.3 Å². The lowest BCUT2D eigenvalue weighted by atomic mass is 10.2. The highest BCUT2D eigenvalue weighted by atomic mass is 16.5. The van der Waals surface area contributed by atoms with E-state index in [-0.39, 0.29) is 0 Å². The van der Waals surface area contributed by atoms with Gasteiger partial charge in [0.15, 0.2) is 5.75 Å². The molecule has 0 spiro atoms. The number of aryl methyl sites for hydroxylation is 1. The molecule has 2 aromatic rings. The summed E-state index contributed by atoms with van der Waals surface area (Å²) in [5.41, 5.74) is 0.667. The standard InChI is InChI=1S/C13H17N3O2/c1-3-7-16-9-11(8-15-16)18-13-12(10(2)17)5-4-6-14-13/h4-6,8-10,17H,3,7H2,1-2H3/t10-/m0/s1. The van der Waals surface area contributed by atoms with Gasteiger partial charge in [0.05, 0.1) is 18.5 Å². The number of rotatable bonds is 5. The molecule has 0 fully saturated rings. The highest BCUT2D eigenvalue weighted by Gasteiger charge is 2.11. The Hall–Kier alpha value is -1.88. The SMILES string of the molecule is CCCn1cc(Oc2ncccc2[C@H](C)O)cn1. The summed E-state index contributed by atoms with van der Waals surface area (Å²) >= 11 is 0. The Morgan fingerprint density at radius 1 is 1.50 bits per heavy atom. The van der Waals surface area contributed by atoms with E-state index in [0.717, 1.165) is 13.0 Å². The second-order valence-corrected chi connectivity index (χ2v) is 4.11. The van der Waals surface area contributed by atoms with Crippen LogP contribution in [0.2, 0.25) is 0 Å². The van der Waals surface area contributed by atoms with Crippen LogP contribution in [0, 0.1) is 0 Å². The van der Waals surface area contributed by atoms with Crippen molar-refractivity contribution in [2.45, 2.75) is 32.9 Å². The van der Waals surface area contributed by atoms with Gasteiger partial charge in [-0.1, -0.05) is 6.92 Å². The molecule has 0 aliphatic heterocycles. The van der Waals surface area contributed by atoms with Crippen molar-refractivity contribution in [3.63, 3.8) is 0 Å². The molecule has 5 nitrogen and oxygen atoms in total. The first-order chi connectivity index (χ1) is 8.70. The van der Waals surface area contributed by atoms with E-state index in [0.29, 0.717) is 17.2 Å². The molecule has 2 rings (SSSR count). The van der Waals surface area contributed by atoms with Crippen molar-refractivity contribution in [2.75, 3.05) is 0 Å². The summed E-state index contributed by atoms with van der Waals surface area (Å²) < 4.78 is 7.46. The van der Waals surface area contributed by atoms with Crippen LogP contribution in [0.4, 0.5) is 0 Å². The summed E-state index contributed by atoms with van der Waals surface area (Å²) in [6, 6.07) is 3.57. The fourth-order valence-electron chi connectivity index (χ4n) is 1.67. The molecule has 18 heavy (non-hydrogen) atoms. The van der Waals surface area contributed by atoms with E-state index >= 15 is 0 Å². The molecule has 0 radical (unpaired) electrons. The largest absolute Gasteiger partial charge is 0.435 e. The molecule has 1 atom stereocenters. The third kappa shape index (κ3) is 2.87. The number of nitrogens with zero attached hydrogens (tertiary/aromatic N) is 3. The minimum Gasteiger partial charge on any atom is -0.435 e. The predicted molar refractivity (Wildman–Crippen MR) is 67.5 cm³/mol. The molecule has 0 aliphatic carbocycles. The highest BCUT2D eigenvalue weighted by Crippen LogP contribution is 2.26. The third-order valence-electron chi connectivity index (χ3n) is 2.53. The lowest BCUT2D eigenvalue weighted by Crippen LogP contribution is -1.98. The zero-order chi connectivity index (χ0) is 13.0. The first-order valence-electron chi connectivity index (χ1n) is 6.04. The fourth-order valence-corrected chi connectivity index (χ4v) is 1.67. The summed E-state index contributed by atoms with van der Waals surface area (Å²) in [4.78, 5) is 4.13. The first-order valence-corrected chi connectivity index (χ1v) is 6.04. The third-order valence-corrected chi connectivity index (χ3v) is 2.53. The molecule has 96 valence electrons. The molecular formula is C13H17N3O2. The number of aliphatic hydroxyl groups excluding tert-OH is 1. The van der Waals surface area contributed by atoms with E-state index in [9.17, 15) is 5.11 Å². The van der Waals surface area contributed by atoms with E-state index < -0.39 is 6.10 Å². The summed E-state index contributed by atoms with van der Waals surface area (Å²) in [7, 11) is 0.